The molecule has 7 heteroatoms. The van der Waals surface area contributed by atoms with Crippen LogP contribution < -0.4 is 9.64 Å². The maximum absolute atomic E-state index is 13.1. The number of anilines is 1. The third-order valence-electron chi connectivity index (χ3n) is 5.71. The van der Waals surface area contributed by atoms with Gasteiger partial charge in [-0.3, -0.25) is 4.79 Å². The molecule has 30 heavy (non-hydrogen) atoms. The van der Waals surface area contributed by atoms with Crippen LogP contribution in [0.1, 0.15) is 30.9 Å². The van der Waals surface area contributed by atoms with Gasteiger partial charge in [-0.2, -0.15) is 4.31 Å². The average molecular weight is 431 g/mol. The molecule has 3 rings (SSSR count). The lowest BCUT2D eigenvalue weighted by atomic mass is 9.98. The number of piperidine rings is 1. The highest BCUT2D eigenvalue weighted by molar-refractivity contribution is 7.89. The van der Waals surface area contributed by atoms with Crippen molar-refractivity contribution < 1.29 is 17.9 Å². The van der Waals surface area contributed by atoms with Crippen molar-refractivity contribution in [2.75, 3.05) is 31.6 Å². The highest BCUT2D eigenvalue weighted by atomic mass is 32.2. The molecule has 0 aliphatic carbocycles. The molecular weight excluding hydrogens is 400 g/mol. The minimum absolute atomic E-state index is 0.0511. The number of hydrogen-bond acceptors (Lipinski definition) is 4. The molecule has 1 atom stereocenters. The third-order valence-corrected chi connectivity index (χ3v) is 7.59. The number of amides is 1. The fraction of sp³-hybridized carbons (Fsp3) is 0.435. The first kappa shape index (κ1) is 22.3. The van der Waals surface area contributed by atoms with E-state index < -0.39 is 10.0 Å². The van der Waals surface area contributed by atoms with Crippen molar-refractivity contribution in [1.29, 1.82) is 0 Å². The Balaban J connectivity index is 1.75. The van der Waals surface area contributed by atoms with Crippen molar-refractivity contribution >= 4 is 21.6 Å². The first-order valence-electron chi connectivity index (χ1n) is 10.3. The lowest BCUT2D eigenvalue weighted by Gasteiger charge is -2.33. The molecule has 0 unspecified atom stereocenters. The quantitative estimate of drug-likeness (QED) is 0.700. The van der Waals surface area contributed by atoms with E-state index in [1.807, 2.05) is 39.0 Å². The second-order valence-corrected chi connectivity index (χ2v) is 9.71. The lowest BCUT2D eigenvalue weighted by Crippen LogP contribution is -2.46. The van der Waals surface area contributed by atoms with Crippen LogP contribution in [0.3, 0.4) is 0 Å². The summed E-state index contributed by atoms with van der Waals surface area (Å²) < 4.78 is 33.0. The fourth-order valence-electron chi connectivity index (χ4n) is 3.72. The van der Waals surface area contributed by atoms with Crippen molar-refractivity contribution in [3.63, 3.8) is 0 Å². The zero-order chi connectivity index (χ0) is 21.9. The Kier molecular flexibility index (Phi) is 6.83. The molecule has 162 valence electrons. The van der Waals surface area contributed by atoms with Crippen molar-refractivity contribution in [3.05, 3.63) is 53.6 Å². The molecular formula is C23H30N2O4S. The second kappa shape index (κ2) is 9.18. The standard InChI is InChI=1S/C23H30N2O4S/c1-5-29-21-10-12-22(13-11-21)30(27,28)25-14-6-7-19(16-25)23(26)24(4)20-9-8-17(2)18(3)15-20/h8-13,15,19H,5-7,14,16H2,1-4H3/t19-/m1/s1. The van der Waals surface area contributed by atoms with Crippen LogP contribution in [0.25, 0.3) is 0 Å². The maximum Gasteiger partial charge on any atom is 0.243 e. The smallest absolute Gasteiger partial charge is 0.243 e. The fourth-order valence-corrected chi connectivity index (χ4v) is 5.25. The van der Waals surface area contributed by atoms with Crippen LogP contribution in [-0.2, 0) is 14.8 Å². The van der Waals surface area contributed by atoms with Gasteiger partial charge in [-0.15, -0.1) is 0 Å². The second-order valence-electron chi connectivity index (χ2n) is 7.77. The normalized spacial score (nSPS) is 17.5. The van der Waals surface area contributed by atoms with E-state index in [2.05, 4.69) is 0 Å². The summed E-state index contributed by atoms with van der Waals surface area (Å²) in [4.78, 5) is 15.0. The van der Waals surface area contributed by atoms with Gasteiger partial charge in [-0.25, -0.2) is 8.42 Å². The summed E-state index contributed by atoms with van der Waals surface area (Å²) in [7, 11) is -1.90. The molecule has 1 saturated heterocycles. The van der Waals surface area contributed by atoms with Gasteiger partial charge in [0.1, 0.15) is 5.75 Å². The van der Waals surface area contributed by atoms with Crippen LogP contribution in [0.15, 0.2) is 47.4 Å². The molecule has 1 amide bonds. The monoisotopic (exact) mass is 430 g/mol. The van der Waals surface area contributed by atoms with Gasteiger partial charge in [0.05, 0.1) is 17.4 Å². The minimum Gasteiger partial charge on any atom is -0.494 e. The zero-order valence-electron chi connectivity index (χ0n) is 18.1. The Bertz CT molecular complexity index is 1000. The van der Waals surface area contributed by atoms with E-state index in [4.69, 9.17) is 4.74 Å². The predicted octanol–water partition coefficient (Wildman–Crippen LogP) is 3.77. The summed E-state index contributed by atoms with van der Waals surface area (Å²) in [6, 6.07) is 12.4. The lowest BCUT2D eigenvalue weighted by molar-refractivity contribution is -0.123. The minimum atomic E-state index is -3.66. The van der Waals surface area contributed by atoms with E-state index in [1.165, 1.54) is 9.87 Å². The van der Waals surface area contributed by atoms with E-state index in [9.17, 15) is 13.2 Å². The first-order valence-corrected chi connectivity index (χ1v) is 11.8. The Morgan fingerprint density at radius 2 is 1.83 bits per heavy atom. The summed E-state index contributed by atoms with van der Waals surface area (Å²) in [6.07, 6.45) is 1.34. The van der Waals surface area contributed by atoms with E-state index in [1.54, 1.807) is 36.2 Å². The first-order chi connectivity index (χ1) is 14.2. The van der Waals surface area contributed by atoms with Gasteiger partial charge in [0.25, 0.3) is 0 Å². The van der Waals surface area contributed by atoms with Crippen LogP contribution in [0.5, 0.6) is 5.75 Å². The Hall–Kier alpha value is -2.38. The van der Waals surface area contributed by atoms with Crippen molar-refractivity contribution in [3.8, 4) is 5.75 Å². The van der Waals surface area contributed by atoms with E-state index >= 15 is 0 Å². The number of benzene rings is 2. The summed E-state index contributed by atoms with van der Waals surface area (Å²) in [5.41, 5.74) is 3.12. The number of hydrogen-bond donors (Lipinski definition) is 0. The van der Waals surface area contributed by atoms with Gasteiger partial charge in [0, 0.05) is 25.8 Å². The molecule has 6 nitrogen and oxygen atoms in total. The number of ether oxygens (including phenoxy) is 1. The molecule has 2 aromatic carbocycles. The molecule has 0 saturated carbocycles. The molecule has 1 fully saturated rings. The van der Waals surface area contributed by atoms with E-state index in [-0.39, 0.29) is 23.3 Å². The molecule has 0 N–H and O–H groups in total. The van der Waals surface area contributed by atoms with Gasteiger partial charge < -0.3 is 9.64 Å². The Labute approximate surface area is 179 Å². The number of carbonyl (C=O) groups is 1. The predicted molar refractivity (Wildman–Crippen MR) is 118 cm³/mol. The SMILES string of the molecule is CCOc1ccc(S(=O)(=O)N2CCC[C@@H](C(=O)N(C)c3ccc(C)c(C)c3)C2)cc1. The van der Waals surface area contributed by atoms with Crippen LogP contribution in [0.2, 0.25) is 0 Å². The van der Waals surface area contributed by atoms with Crippen LogP contribution in [-0.4, -0.2) is 45.4 Å². The Morgan fingerprint density at radius 1 is 1.13 bits per heavy atom. The van der Waals surface area contributed by atoms with Gasteiger partial charge in [-0.1, -0.05) is 6.07 Å². The van der Waals surface area contributed by atoms with Crippen LogP contribution in [0, 0.1) is 19.8 Å². The molecule has 1 heterocycles. The number of aryl methyl sites for hydroxylation is 2. The summed E-state index contributed by atoms with van der Waals surface area (Å²) in [5, 5.41) is 0. The Morgan fingerprint density at radius 3 is 2.47 bits per heavy atom. The highest BCUT2D eigenvalue weighted by Gasteiger charge is 2.34. The number of sulfonamides is 1. The van der Waals surface area contributed by atoms with E-state index in [0.717, 1.165) is 11.3 Å². The number of carbonyl (C=O) groups excluding carboxylic acids is 1. The van der Waals surface area contributed by atoms with Crippen molar-refractivity contribution in [1.82, 2.24) is 4.31 Å². The number of rotatable bonds is 6. The molecule has 1 aliphatic rings. The number of nitrogens with zero attached hydrogens (tertiary/aromatic N) is 2. The van der Waals surface area contributed by atoms with E-state index in [0.29, 0.717) is 31.7 Å². The van der Waals surface area contributed by atoms with Gasteiger partial charge in [-0.05, 0) is 81.1 Å². The van der Waals surface area contributed by atoms with Crippen molar-refractivity contribution in [2.45, 2.75) is 38.5 Å². The summed E-state index contributed by atoms with van der Waals surface area (Å²) in [6.45, 7) is 7.07. The molecule has 0 spiro atoms. The largest absolute Gasteiger partial charge is 0.494 e. The molecule has 0 bridgehead atoms. The van der Waals surface area contributed by atoms with Gasteiger partial charge in [0.15, 0.2) is 0 Å². The van der Waals surface area contributed by atoms with Gasteiger partial charge in [0.2, 0.25) is 15.9 Å². The maximum atomic E-state index is 13.1. The topological polar surface area (TPSA) is 66.9 Å². The summed E-state index contributed by atoms with van der Waals surface area (Å²) in [5.74, 6) is 0.228. The van der Waals surface area contributed by atoms with Crippen LogP contribution >= 0.6 is 0 Å². The van der Waals surface area contributed by atoms with Crippen LogP contribution in [0.4, 0.5) is 5.69 Å². The molecule has 2 aromatic rings. The average Bonchev–Trinajstić information content (AvgIpc) is 2.75. The molecule has 1 aliphatic heterocycles. The molecule has 0 radical (unpaired) electrons. The van der Waals surface area contributed by atoms with Gasteiger partial charge >= 0.3 is 0 Å². The zero-order valence-corrected chi connectivity index (χ0v) is 18.9. The highest BCUT2D eigenvalue weighted by Crippen LogP contribution is 2.27. The molecule has 0 aromatic heterocycles. The summed E-state index contributed by atoms with van der Waals surface area (Å²) >= 11 is 0. The van der Waals surface area contributed by atoms with Crippen molar-refractivity contribution in [2.24, 2.45) is 5.92 Å². The third kappa shape index (κ3) is 4.68.